The van der Waals surface area contributed by atoms with Crippen LogP contribution in [0, 0.1) is 18.6 Å². The molecule has 3 heterocycles. The first-order valence-corrected chi connectivity index (χ1v) is 11.5. The van der Waals surface area contributed by atoms with Crippen molar-refractivity contribution in [3.05, 3.63) is 53.4 Å². The van der Waals surface area contributed by atoms with E-state index in [4.69, 9.17) is 4.84 Å². The Morgan fingerprint density at radius 3 is 2.70 bits per heavy atom. The number of likely N-dealkylation sites (tertiary alicyclic amines) is 1. The van der Waals surface area contributed by atoms with Gasteiger partial charge in [-0.3, -0.25) is 4.98 Å². The van der Waals surface area contributed by atoms with Gasteiger partial charge in [-0.05, 0) is 37.1 Å². The fourth-order valence-corrected chi connectivity index (χ4v) is 4.68. The van der Waals surface area contributed by atoms with Crippen LogP contribution in [0.3, 0.4) is 0 Å². The van der Waals surface area contributed by atoms with Gasteiger partial charge in [0.15, 0.2) is 6.10 Å². The van der Waals surface area contributed by atoms with E-state index in [2.05, 4.69) is 14.9 Å². The number of sulfonamides is 1. The topological polar surface area (TPSA) is 83.9 Å². The number of nitrogens with one attached hydrogen (secondary N) is 1. The molecule has 30 heavy (non-hydrogen) atoms. The van der Waals surface area contributed by atoms with Crippen molar-refractivity contribution in [3.8, 4) is 11.1 Å². The van der Waals surface area contributed by atoms with Gasteiger partial charge >= 0.3 is 0 Å². The third kappa shape index (κ3) is 4.29. The molecule has 0 spiro atoms. The summed E-state index contributed by atoms with van der Waals surface area (Å²) in [5.41, 5.74) is 1.38. The fourth-order valence-electron chi connectivity index (χ4n) is 3.88. The van der Waals surface area contributed by atoms with Crippen molar-refractivity contribution in [2.45, 2.75) is 31.9 Å². The standard InChI is InChI=1S/C20H22F2N4O3S/c1-12-8-14(19-15(21)4-3-5-16(19)22)20(23-10-12)17-9-18(24-29-17)26-7-6-13(11-26)25-30(2,27)28/h3-5,8,10,13,17,25H,6-7,9,11H2,1-2H3/t13-,17-/m0/s1. The predicted octanol–water partition coefficient (Wildman–Crippen LogP) is 2.73. The molecule has 0 unspecified atom stereocenters. The van der Waals surface area contributed by atoms with Crippen molar-refractivity contribution in [2.75, 3.05) is 19.3 Å². The molecular formula is C20H22F2N4O3S. The van der Waals surface area contributed by atoms with Crippen LogP contribution in [0.25, 0.3) is 11.1 Å². The van der Waals surface area contributed by atoms with Gasteiger partial charge in [0.25, 0.3) is 0 Å². The zero-order chi connectivity index (χ0) is 21.5. The van der Waals surface area contributed by atoms with Crippen molar-refractivity contribution in [2.24, 2.45) is 5.16 Å². The van der Waals surface area contributed by atoms with Crippen molar-refractivity contribution in [1.82, 2.24) is 14.6 Å². The second-order valence-electron chi connectivity index (χ2n) is 7.67. The summed E-state index contributed by atoms with van der Waals surface area (Å²) < 4.78 is 54.4. The molecule has 1 N–H and O–H groups in total. The lowest BCUT2D eigenvalue weighted by Gasteiger charge is -2.18. The fraction of sp³-hybridized carbons (Fsp3) is 0.400. The Kier molecular flexibility index (Phi) is 5.46. The van der Waals surface area contributed by atoms with Crippen molar-refractivity contribution in [3.63, 3.8) is 0 Å². The van der Waals surface area contributed by atoms with E-state index in [1.54, 1.807) is 19.2 Å². The lowest BCUT2D eigenvalue weighted by molar-refractivity contribution is 0.0828. The predicted molar refractivity (Wildman–Crippen MR) is 108 cm³/mol. The monoisotopic (exact) mass is 436 g/mol. The largest absolute Gasteiger partial charge is 0.384 e. The normalized spacial score (nSPS) is 21.6. The number of pyridine rings is 1. The molecule has 0 saturated carbocycles. The molecule has 2 aromatic rings. The minimum Gasteiger partial charge on any atom is -0.384 e. The van der Waals surface area contributed by atoms with E-state index in [1.165, 1.54) is 18.2 Å². The Morgan fingerprint density at radius 1 is 1.27 bits per heavy atom. The highest BCUT2D eigenvalue weighted by molar-refractivity contribution is 7.88. The number of benzene rings is 1. The zero-order valence-corrected chi connectivity index (χ0v) is 17.4. The Labute approximate surface area is 173 Å². The first kappa shape index (κ1) is 20.7. The van der Waals surface area contributed by atoms with Crippen LogP contribution in [0.1, 0.15) is 30.2 Å². The molecule has 1 aromatic carbocycles. The smallest absolute Gasteiger partial charge is 0.209 e. The summed E-state index contributed by atoms with van der Waals surface area (Å²) in [4.78, 5) is 11.9. The maximum absolute atomic E-state index is 14.4. The molecule has 10 heteroatoms. The van der Waals surface area contributed by atoms with Gasteiger partial charge in [-0.1, -0.05) is 11.2 Å². The van der Waals surface area contributed by atoms with E-state index < -0.39 is 27.8 Å². The number of halogens is 2. The summed E-state index contributed by atoms with van der Waals surface area (Å²) in [5.74, 6) is -0.672. The van der Waals surface area contributed by atoms with Crippen LogP contribution in [0.4, 0.5) is 8.78 Å². The average Bonchev–Trinajstić information content (AvgIpc) is 3.30. The molecule has 1 saturated heterocycles. The Bertz CT molecular complexity index is 1090. The summed E-state index contributed by atoms with van der Waals surface area (Å²) in [7, 11) is -3.29. The van der Waals surface area contributed by atoms with Crippen LogP contribution < -0.4 is 4.72 Å². The van der Waals surface area contributed by atoms with Gasteiger partial charge in [0, 0.05) is 30.9 Å². The van der Waals surface area contributed by atoms with E-state index >= 15 is 0 Å². The van der Waals surface area contributed by atoms with Crippen molar-refractivity contribution in [1.29, 1.82) is 0 Å². The van der Waals surface area contributed by atoms with Gasteiger partial charge in [-0.15, -0.1) is 0 Å². The zero-order valence-electron chi connectivity index (χ0n) is 16.6. The highest BCUT2D eigenvalue weighted by Crippen LogP contribution is 2.37. The number of hydrogen-bond donors (Lipinski definition) is 1. The Morgan fingerprint density at radius 2 is 2.00 bits per heavy atom. The molecule has 0 amide bonds. The summed E-state index contributed by atoms with van der Waals surface area (Å²) >= 11 is 0. The van der Waals surface area contributed by atoms with E-state index in [0.29, 0.717) is 43.0 Å². The quantitative estimate of drug-likeness (QED) is 0.797. The molecule has 2 aliphatic heterocycles. The van der Waals surface area contributed by atoms with Crippen LogP contribution in [-0.2, 0) is 14.9 Å². The molecule has 2 atom stereocenters. The second-order valence-corrected chi connectivity index (χ2v) is 9.45. The highest BCUT2D eigenvalue weighted by Gasteiger charge is 2.34. The molecule has 1 aromatic heterocycles. The maximum atomic E-state index is 14.4. The Hall–Kier alpha value is -2.59. The lowest BCUT2D eigenvalue weighted by Crippen LogP contribution is -2.37. The molecule has 1 fully saturated rings. The number of nitrogens with zero attached hydrogens (tertiary/aromatic N) is 3. The van der Waals surface area contributed by atoms with E-state index in [9.17, 15) is 17.2 Å². The lowest BCUT2D eigenvalue weighted by atomic mass is 9.97. The van der Waals surface area contributed by atoms with Gasteiger partial charge in [-0.25, -0.2) is 21.9 Å². The van der Waals surface area contributed by atoms with Gasteiger partial charge in [0.05, 0.1) is 23.9 Å². The average molecular weight is 436 g/mol. The van der Waals surface area contributed by atoms with Crippen LogP contribution in [-0.4, -0.2) is 49.5 Å². The van der Waals surface area contributed by atoms with Crippen molar-refractivity contribution >= 4 is 15.9 Å². The van der Waals surface area contributed by atoms with Gasteiger partial charge in [-0.2, -0.15) is 0 Å². The third-order valence-electron chi connectivity index (χ3n) is 5.18. The Balaban J connectivity index is 1.55. The number of hydrogen-bond acceptors (Lipinski definition) is 6. The number of amidine groups is 1. The van der Waals surface area contributed by atoms with Crippen LogP contribution in [0.15, 0.2) is 35.6 Å². The molecule has 4 rings (SSSR count). The number of aromatic nitrogens is 1. The highest BCUT2D eigenvalue weighted by atomic mass is 32.2. The molecule has 7 nitrogen and oxygen atoms in total. The van der Waals surface area contributed by atoms with E-state index in [1.807, 2.05) is 4.90 Å². The molecular weight excluding hydrogens is 414 g/mol. The third-order valence-corrected chi connectivity index (χ3v) is 5.94. The first-order valence-electron chi connectivity index (χ1n) is 9.57. The van der Waals surface area contributed by atoms with Gasteiger partial charge in [0.2, 0.25) is 10.0 Å². The van der Waals surface area contributed by atoms with Gasteiger partial charge in [0.1, 0.15) is 17.5 Å². The molecule has 2 aliphatic rings. The number of rotatable bonds is 4. The van der Waals surface area contributed by atoms with Crippen molar-refractivity contribution < 1.29 is 22.0 Å². The second kappa shape index (κ2) is 7.92. The molecule has 160 valence electrons. The minimum absolute atomic E-state index is 0.140. The maximum Gasteiger partial charge on any atom is 0.209 e. The molecule has 0 aliphatic carbocycles. The summed E-state index contributed by atoms with van der Waals surface area (Å²) in [6.45, 7) is 2.92. The summed E-state index contributed by atoms with van der Waals surface area (Å²) in [5, 5.41) is 4.15. The summed E-state index contributed by atoms with van der Waals surface area (Å²) in [6, 6.07) is 5.23. The molecule has 0 bridgehead atoms. The first-order chi connectivity index (χ1) is 14.2. The number of oxime groups is 1. The SMILES string of the molecule is Cc1cnc([C@@H]2CC(N3CC[C@H](NS(C)(=O)=O)C3)=NO2)c(-c2c(F)cccc2F)c1. The van der Waals surface area contributed by atoms with Crippen LogP contribution in [0.5, 0.6) is 0 Å². The van der Waals surface area contributed by atoms with E-state index in [-0.39, 0.29) is 11.6 Å². The molecule has 0 radical (unpaired) electrons. The van der Waals surface area contributed by atoms with Gasteiger partial charge < -0.3 is 9.74 Å². The minimum atomic E-state index is -3.29. The number of aryl methyl sites for hydroxylation is 1. The van der Waals surface area contributed by atoms with Crippen LogP contribution >= 0.6 is 0 Å². The van der Waals surface area contributed by atoms with Crippen LogP contribution in [0.2, 0.25) is 0 Å². The summed E-state index contributed by atoms with van der Waals surface area (Å²) in [6.07, 6.45) is 3.21. The van der Waals surface area contributed by atoms with E-state index in [0.717, 1.165) is 11.8 Å².